The Labute approximate surface area is 93.1 Å². The minimum atomic E-state index is 0.343. The highest BCUT2D eigenvalue weighted by molar-refractivity contribution is 4.94. The maximum absolute atomic E-state index is 9.30. The van der Waals surface area contributed by atoms with Crippen molar-refractivity contribution < 1.29 is 5.11 Å². The summed E-state index contributed by atoms with van der Waals surface area (Å²) in [5.41, 5.74) is 1.13. The van der Waals surface area contributed by atoms with E-state index in [9.17, 15) is 5.11 Å². The zero-order valence-electron chi connectivity index (χ0n) is 9.76. The lowest BCUT2D eigenvalue weighted by molar-refractivity contribution is 0.235. The van der Waals surface area contributed by atoms with Crippen LogP contribution in [0, 0.1) is 11.8 Å². The molecule has 0 heterocycles. The van der Waals surface area contributed by atoms with Crippen molar-refractivity contribution in [2.24, 2.45) is 11.8 Å². The Morgan fingerprint density at radius 3 is 2.33 bits per heavy atom. The largest absolute Gasteiger partial charge is 0.513 e. The van der Waals surface area contributed by atoms with Crippen molar-refractivity contribution in [2.75, 3.05) is 6.54 Å². The van der Waals surface area contributed by atoms with Crippen LogP contribution in [0.2, 0.25) is 0 Å². The fourth-order valence-electron chi connectivity index (χ4n) is 2.11. The zero-order valence-corrected chi connectivity index (χ0v) is 9.76. The normalized spacial score (nSPS) is 25.9. The standard InChI is InChI=1S/C13H23NO/c1-4-10(2)14-9-12-5-7-13(8-6-12)11(3)15/h12-15H,2-9H2,1H3. The number of aliphatic hydroxyl groups is 1. The van der Waals surface area contributed by atoms with E-state index in [1.165, 1.54) is 12.8 Å². The molecular formula is C13H23NO. The molecule has 0 radical (unpaired) electrons. The van der Waals surface area contributed by atoms with Gasteiger partial charge in [-0.05, 0) is 38.0 Å². The Hall–Kier alpha value is -0.920. The van der Waals surface area contributed by atoms with Gasteiger partial charge in [-0.15, -0.1) is 0 Å². The summed E-state index contributed by atoms with van der Waals surface area (Å²) in [6.45, 7) is 10.7. The minimum absolute atomic E-state index is 0.343. The molecule has 0 amide bonds. The van der Waals surface area contributed by atoms with Gasteiger partial charge in [0, 0.05) is 18.2 Å². The van der Waals surface area contributed by atoms with E-state index >= 15 is 0 Å². The molecule has 0 spiro atoms. The van der Waals surface area contributed by atoms with Crippen molar-refractivity contribution >= 4 is 0 Å². The minimum Gasteiger partial charge on any atom is -0.513 e. The summed E-state index contributed by atoms with van der Waals surface area (Å²) in [6.07, 6.45) is 5.55. The van der Waals surface area contributed by atoms with E-state index in [0.29, 0.717) is 11.7 Å². The number of hydrogen-bond acceptors (Lipinski definition) is 2. The lowest BCUT2D eigenvalue weighted by atomic mass is 9.81. The summed E-state index contributed by atoms with van der Waals surface area (Å²) < 4.78 is 0. The van der Waals surface area contributed by atoms with Gasteiger partial charge in [-0.1, -0.05) is 20.1 Å². The molecule has 86 valence electrons. The number of nitrogens with one attached hydrogen (secondary N) is 1. The van der Waals surface area contributed by atoms with Gasteiger partial charge in [-0.2, -0.15) is 0 Å². The quantitative estimate of drug-likeness (QED) is 0.680. The predicted octanol–water partition coefficient (Wildman–Crippen LogP) is 3.38. The van der Waals surface area contributed by atoms with Crippen molar-refractivity contribution in [1.82, 2.24) is 5.32 Å². The second-order valence-corrected chi connectivity index (χ2v) is 4.55. The van der Waals surface area contributed by atoms with Crippen LogP contribution < -0.4 is 5.32 Å². The zero-order chi connectivity index (χ0) is 11.3. The van der Waals surface area contributed by atoms with Gasteiger partial charge in [0.15, 0.2) is 0 Å². The van der Waals surface area contributed by atoms with Gasteiger partial charge in [-0.25, -0.2) is 0 Å². The monoisotopic (exact) mass is 209 g/mol. The molecule has 0 aliphatic heterocycles. The second kappa shape index (κ2) is 5.84. The molecule has 0 aromatic rings. The summed E-state index contributed by atoms with van der Waals surface area (Å²) in [5.74, 6) is 1.46. The molecule has 0 atom stereocenters. The van der Waals surface area contributed by atoms with Gasteiger partial charge in [0.25, 0.3) is 0 Å². The number of allylic oxidation sites excluding steroid dienone is 2. The lowest BCUT2D eigenvalue weighted by Crippen LogP contribution is -2.26. The molecule has 1 saturated carbocycles. The summed E-state index contributed by atoms with van der Waals surface area (Å²) in [4.78, 5) is 0. The molecule has 0 saturated heterocycles. The maximum atomic E-state index is 9.30. The van der Waals surface area contributed by atoms with E-state index in [4.69, 9.17) is 0 Å². The van der Waals surface area contributed by atoms with E-state index in [0.717, 1.165) is 37.4 Å². The SMILES string of the molecule is C=C(CC)NCC1CCC(C(=C)O)CC1. The van der Waals surface area contributed by atoms with Gasteiger partial charge in [0.1, 0.15) is 0 Å². The van der Waals surface area contributed by atoms with Crippen LogP contribution in [0.1, 0.15) is 39.0 Å². The lowest BCUT2D eigenvalue weighted by Gasteiger charge is -2.28. The van der Waals surface area contributed by atoms with E-state index in [-0.39, 0.29) is 0 Å². The molecule has 0 unspecified atom stereocenters. The third kappa shape index (κ3) is 3.98. The first-order chi connectivity index (χ1) is 7.13. The molecule has 2 nitrogen and oxygen atoms in total. The summed E-state index contributed by atoms with van der Waals surface area (Å²) in [6, 6.07) is 0. The molecule has 15 heavy (non-hydrogen) atoms. The summed E-state index contributed by atoms with van der Waals surface area (Å²) >= 11 is 0. The van der Waals surface area contributed by atoms with E-state index in [1.54, 1.807) is 0 Å². The molecule has 0 aromatic heterocycles. The van der Waals surface area contributed by atoms with Crippen molar-refractivity contribution in [3.05, 3.63) is 24.6 Å². The Morgan fingerprint density at radius 1 is 1.27 bits per heavy atom. The molecule has 0 bridgehead atoms. The number of hydrogen-bond donors (Lipinski definition) is 2. The Kier molecular flexibility index (Phi) is 4.73. The first kappa shape index (κ1) is 12.2. The highest BCUT2D eigenvalue weighted by Crippen LogP contribution is 2.31. The average molecular weight is 209 g/mol. The van der Waals surface area contributed by atoms with Crippen LogP contribution in [-0.4, -0.2) is 11.7 Å². The Balaban J connectivity index is 2.20. The smallest absolute Gasteiger partial charge is 0.0881 e. The van der Waals surface area contributed by atoms with Crippen LogP contribution in [0.4, 0.5) is 0 Å². The second-order valence-electron chi connectivity index (χ2n) is 4.55. The van der Waals surface area contributed by atoms with Crippen molar-refractivity contribution in [3.63, 3.8) is 0 Å². The first-order valence-corrected chi connectivity index (χ1v) is 5.92. The topological polar surface area (TPSA) is 32.3 Å². The van der Waals surface area contributed by atoms with Crippen molar-refractivity contribution in [2.45, 2.75) is 39.0 Å². The van der Waals surface area contributed by atoms with Crippen LogP contribution in [0.5, 0.6) is 0 Å². The fraction of sp³-hybridized carbons (Fsp3) is 0.692. The van der Waals surface area contributed by atoms with Crippen LogP contribution in [0.25, 0.3) is 0 Å². The highest BCUT2D eigenvalue weighted by Gasteiger charge is 2.22. The van der Waals surface area contributed by atoms with Gasteiger partial charge < -0.3 is 10.4 Å². The van der Waals surface area contributed by atoms with Crippen LogP contribution >= 0.6 is 0 Å². The average Bonchev–Trinajstić information content (AvgIpc) is 2.26. The molecule has 2 heteroatoms. The number of rotatable bonds is 5. The van der Waals surface area contributed by atoms with Gasteiger partial charge >= 0.3 is 0 Å². The molecule has 2 N–H and O–H groups in total. The maximum Gasteiger partial charge on any atom is 0.0881 e. The van der Waals surface area contributed by atoms with Gasteiger partial charge in [0.2, 0.25) is 0 Å². The molecular weight excluding hydrogens is 186 g/mol. The summed E-state index contributed by atoms with van der Waals surface area (Å²) in [5, 5.41) is 12.7. The molecule has 1 rings (SSSR count). The predicted molar refractivity (Wildman–Crippen MR) is 64.7 cm³/mol. The third-order valence-electron chi connectivity index (χ3n) is 3.39. The molecule has 1 aliphatic rings. The van der Waals surface area contributed by atoms with Crippen molar-refractivity contribution in [3.8, 4) is 0 Å². The van der Waals surface area contributed by atoms with Crippen molar-refractivity contribution in [1.29, 1.82) is 0 Å². The van der Waals surface area contributed by atoms with E-state index < -0.39 is 0 Å². The van der Waals surface area contributed by atoms with Crippen LogP contribution in [0.15, 0.2) is 24.6 Å². The van der Waals surface area contributed by atoms with Gasteiger partial charge in [-0.3, -0.25) is 0 Å². The van der Waals surface area contributed by atoms with Crippen LogP contribution in [-0.2, 0) is 0 Å². The third-order valence-corrected chi connectivity index (χ3v) is 3.39. The highest BCUT2D eigenvalue weighted by atomic mass is 16.3. The first-order valence-electron chi connectivity index (χ1n) is 5.92. The van der Waals surface area contributed by atoms with E-state index in [2.05, 4.69) is 25.4 Å². The Morgan fingerprint density at radius 2 is 1.87 bits per heavy atom. The fourth-order valence-corrected chi connectivity index (χ4v) is 2.11. The number of aliphatic hydroxyl groups excluding tert-OH is 1. The molecule has 1 aliphatic carbocycles. The molecule has 1 fully saturated rings. The van der Waals surface area contributed by atoms with Gasteiger partial charge in [0.05, 0.1) is 5.76 Å². The summed E-state index contributed by atoms with van der Waals surface area (Å²) in [7, 11) is 0. The molecule has 0 aromatic carbocycles. The van der Waals surface area contributed by atoms with E-state index in [1.807, 2.05) is 0 Å². The van der Waals surface area contributed by atoms with Crippen LogP contribution in [0.3, 0.4) is 0 Å². The Bertz CT molecular complexity index is 227.